The fourth-order valence-corrected chi connectivity index (χ4v) is 4.55. The van der Waals surface area contributed by atoms with Crippen molar-refractivity contribution in [2.75, 3.05) is 45.8 Å². The van der Waals surface area contributed by atoms with E-state index in [1.807, 2.05) is 12.5 Å². The minimum absolute atomic E-state index is 0.811. The molecule has 1 aromatic rings. The van der Waals surface area contributed by atoms with Gasteiger partial charge in [-0.05, 0) is 12.8 Å². The number of imidazole rings is 1. The molecule has 5 nitrogen and oxygen atoms in total. The molecule has 1 aromatic heterocycles. The smallest absolute Gasteiger partial charge is 0.0946 e. The third-order valence-electron chi connectivity index (χ3n) is 6.13. The second-order valence-electron chi connectivity index (χ2n) is 7.58. The van der Waals surface area contributed by atoms with Crippen LogP contribution in [-0.4, -0.2) is 82.1 Å². The molecule has 1 saturated carbocycles. The monoisotopic (exact) mass is 317 g/mol. The molecule has 2 aliphatic heterocycles. The van der Waals surface area contributed by atoms with Crippen LogP contribution < -0.4 is 0 Å². The van der Waals surface area contributed by atoms with E-state index in [-0.39, 0.29) is 0 Å². The van der Waals surface area contributed by atoms with E-state index in [0.717, 1.165) is 25.2 Å². The predicted molar refractivity (Wildman–Crippen MR) is 92.5 cm³/mol. The summed E-state index contributed by atoms with van der Waals surface area (Å²) in [6.45, 7) is 9.94. The van der Waals surface area contributed by atoms with Gasteiger partial charge in [0.05, 0.1) is 6.33 Å². The van der Waals surface area contributed by atoms with Crippen molar-refractivity contribution in [1.82, 2.24) is 24.3 Å². The van der Waals surface area contributed by atoms with Gasteiger partial charge in [-0.15, -0.1) is 0 Å². The van der Waals surface area contributed by atoms with E-state index in [0.29, 0.717) is 0 Å². The van der Waals surface area contributed by atoms with E-state index in [9.17, 15) is 0 Å². The molecule has 4 rings (SSSR count). The Kier molecular flexibility index (Phi) is 4.97. The first kappa shape index (κ1) is 15.6. The molecule has 0 bridgehead atoms. The largest absolute Gasteiger partial charge is 0.336 e. The van der Waals surface area contributed by atoms with Gasteiger partial charge >= 0.3 is 0 Å². The van der Waals surface area contributed by atoms with Crippen LogP contribution in [0.2, 0.25) is 0 Å². The number of piperazine rings is 1. The molecule has 5 heteroatoms. The molecular weight excluding hydrogens is 286 g/mol. The van der Waals surface area contributed by atoms with E-state index < -0.39 is 0 Å². The Bertz CT molecular complexity index is 454. The van der Waals surface area contributed by atoms with E-state index in [1.165, 1.54) is 71.4 Å². The van der Waals surface area contributed by atoms with Crippen LogP contribution in [0.1, 0.15) is 32.1 Å². The van der Waals surface area contributed by atoms with Crippen LogP contribution >= 0.6 is 0 Å². The molecule has 23 heavy (non-hydrogen) atoms. The first-order valence-electron chi connectivity index (χ1n) is 9.55. The summed E-state index contributed by atoms with van der Waals surface area (Å²) in [6.07, 6.45) is 13.1. The van der Waals surface area contributed by atoms with Crippen molar-refractivity contribution in [3.63, 3.8) is 0 Å². The highest BCUT2D eigenvalue weighted by Crippen LogP contribution is 2.24. The van der Waals surface area contributed by atoms with E-state index in [1.54, 1.807) is 0 Å². The molecule has 3 heterocycles. The minimum atomic E-state index is 0.811. The van der Waals surface area contributed by atoms with Crippen molar-refractivity contribution in [2.24, 2.45) is 0 Å². The summed E-state index contributed by atoms with van der Waals surface area (Å²) in [5, 5.41) is 0. The summed E-state index contributed by atoms with van der Waals surface area (Å²) < 4.78 is 2.18. The molecule has 0 spiro atoms. The lowest BCUT2D eigenvalue weighted by Crippen LogP contribution is -2.63. The topological polar surface area (TPSA) is 27.5 Å². The third kappa shape index (κ3) is 3.78. The fraction of sp³-hybridized carbons (Fsp3) is 0.833. The molecule has 3 aliphatic rings. The zero-order valence-electron chi connectivity index (χ0n) is 14.3. The summed E-state index contributed by atoms with van der Waals surface area (Å²) in [5.74, 6) is 0. The maximum absolute atomic E-state index is 4.11. The quantitative estimate of drug-likeness (QED) is 0.823. The highest BCUT2D eigenvalue weighted by molar-refractivity contribution is 4.91. The van der Waals surface area contributed by atoms with Crippen LogP contribution in [-0.2, 0) is 6.54 Å². The normalized spacial score (nSPS) is 26.4. The van der Waals surface area contributed by atoms with Gasteiger partial charge < -0.3 is 4.57 Å². The molecule has 0 unspecified atom stereocenters. The Hall–Kier alpha value is -0.910. The maximum atomic E-state index is 4.11. The number of rotatable bonds is 5. The van der Waals surface area contributed by atoms with E-state index in [4.69, 9.17) is 0 Å². The van der Waals surface area contributed by atoms with Crippen LogP contribution in [0.3, 0.4) is 0 Å². The second-order valence-corrected chi connectivity index (χ2v) is 7.58. The molecule has 2 saturated heterocycles. The number of hydrogen-bond donors (Lipinski definition) is 0. The number of hydrogen-bond acceptors (Lipinski definition) is 4. The van der Waals surface area contributed by atoms with Gasteiger partial charge in [-0.25, -0.2) is 4.98 Å². The Morgan fingerprint density at radius 2 is 1.52 bits per heavy atom. The van der Waals surface area contributed by atoms with E-state index >= 15 is 0 Å². The zero-order chi connectivity index (χ0) is 15.5. The van der Waals surface area contributed by atoms with Gasteiger partial charge in [0.2, 0.25) is 0 Å². The second kappa shape index (κ2) is 7.32. The molecule has 3 fully saturated rings. The molecule has 0 radical (unpaired) electrons. The molecule has 0 atom stereocenters. The molecular formula is C18H31N5. The Morgan fingerprint density at radius 1 is 0.826 bits per heavy atom. The summed E-state index contributed by atoms with van der Waals surface area (Å²) >= 11 is 0. The number of aromatic nitrogens is 2. The van der Waals surface area contributed by atoms with Crippen molar-refractivity contribution in [2.45, 2.75) is 50.7 Å². The molecule has 0 N–H and O–H groups in total. The van der Waals surface area contributed by atoms with Crippen molar-refractivity contribution in [3.05, 3.63) is 18.7 Å². The van der Waals surface area contributed by atoms with E-state index in [2.05, 4.69) is 30.4 Å². The molecule has 1 aliphatic carbocycles. The van der Waals surface area contributed by atoms with Crippen molar-refractivity contribution in [3.8, 4) is 0 Å². The fourth-order valence-electron chi connectivity index (χ4n) is 4.55. The van der Waals surface area contributed by atoms with Gasteiger partial charge in [0, 0.05) is 76.8 Å². The Labute approximate surface area is 140 Å². The van der Waals surface area contributed by atoms with Crippen LogP contribution in [0.15, 0.2) is 18.7 Å². The summed E-state index contributed by atoms with van der Waals surface area (Å²) in [4.78, 5) is 12.2. The SMILES string of the molecule is c1cn(CCN2CC(N3CCN(C4CCCCC4)CC3)C2)cn1. The molecule has 0 amide bonds. The van der Waals surface area contributed by atoms with Crippen molar-refractivity contribution >= 4 is 0 Å². The first-order chi connectivity index (χ1) is 11.4. The average molecular weight is 317 g/mol. The predicted octanol–water partition coefficient (Wildman–Crippen LogP) is 1.52. The van der Waals surface area contributed by atoms with Crippen molar-refractivity contribution < 1.29 is 0 Å². The van der Waals surface area contributed by atoms with Gasteiger partial charge in [0.15, 0.2) is 0 Å². The van der Waals surface area contributed by atoms with Crippen molar-refractivity contribution in [1.29, 1.82) is 0 Å². The van der Waals surface area contributed by atoms with Gasteiger partial charge in [-0.2, -0.15) is 0 Å². The first-order valence-corrected chi connectivity index (χ1v) is 9.55. The highest BCUT2D eigenvalue weighted by atomic mass is 15.4. The van der Waals surface area contributed by atoms with Gasteiger partial charge in [0.1, 0.15) is 0 Å². The van der Waals surface area contributed by atoms with Gasteiger partial charge in [0.25, 0.3) is 0 Å². The minimum Gasteiger partial charge on any atom is -0.336 e. The van der Waals surface area contributed by atoms with Crippen LogP contribution in [0.4, 0.5) is 0 Å². The molecule has 0 aromatic carbocycles. The van der Waals surface area contributed by atoms with Crippen LogP contribution in [0, 0.1) is 0 Å². The number of likely N-dealkylation sites (tertiary alicyclic amines) is 1. The van der Waals surface area contributed by atoms with Gasteiger partial charge in [-0.3, -0.25) is 14.7 Å². The summed E-state index contributed by atoms with van der Waals surface area (Å²) in [5.41, 5.74) is 0. The molecule has 128 valence electrons. The lowest BCUT2D eigenvalue weighted by molar-refractivity contribution is -0.00817. The number of nitrogens with zero attached hydrogens (tertiary/aromatic N) is 5. The Balaban J connectivity index is 1.15. The standard InChI is InChI=1S/C18H31N5/c1-2-4-17(5-3-1)22-10-12-23(13-11-22)18-14-21(15-18)9-8-20-7-6-19-16-20/h6-7,16-18H,1-5,8-15H2. The zero-order valence-corrected chi connectivity index (χ0v) is 14.3. The third-order valence-corrected chi connectivity index (χ3v) is 6.13. The highest BCUT2D eigenvalue weighted by Gasteiger charge is 2.34. The maximum Gasteiger partial charge on any atom is 0.0946 e. The lowest BCUT2D eigenvalue weighted by atomic mass is 9.93. The lowest BCUT2D eigenvalue weighted by Gasteiger charge is -2.49. The summed E-state index contributed by atoms with van der Waals surface area (Å²) in [7, 11) is 0. The average Bonchev–Trinajstić information content (AvgIpc) is 3.08. The van der Waals surface area contributed by atoms with Gasteiger partial charge in [-0.1, -0.05) is 19.3 Å². The Morgan fingerprint density at radius 3 is 2.17 bits per heavy atom. The van der Waals surface area contributed by atoms with Crippen LogP contribution in [0.25, 0.3) is 0 Å². The van der Waals surface area contributed by atoms with Crippen LogP contribution in [0.5, 0.6) is 0 Å². The summed E-state index contributed by atoms with van der Waals surface area (Å²) in [6, 6.07) is 1.71.